The van der Waals surface area contributed by atoms with Gasteiger partial charge < -0.3 is 14.4 Å². The predicted molar refractivity (Wildman–Crippen MR) is 92.6 cm³/mol. The first-order chi connectivity index (χ1) is 10.6. The lowest BCUT2D eigenvalue weighted by atomic mass is 10.0. The van der Waals surface area contributed by atoms with Crippen molar-refractivity contribution in [2.45, 2.75) is 58.9 Å². The molecular weight excluding hydrogens is 274 g/mol. The highest BCUT2D eigenvalue weighted by Gasteiger charge is 2.12. The molecule has 1 rings (SSSR count). The van der Waals surface area contributed by atoms with Gasteiger partial charge in [0.15, 0.2) is 0 Å². The zero-order valence-corrected chi connectivity index (χ0v) is 14.6. The second-order valence-corrected chi connectivity index (χ2v) is 6.04. The molecule has 0 N–H and O–H groups in total. The summed E-state index contributed by atoms with van der Waals surface area (Å²) in [5.41, 5.74) is 1.35. The Hall–Kier alpha value is -1.35. The monoisotopic (exact) mass is 305 g/mol. The quantitative estimate of drug-likeness (QED) is 0.577. The molecule has 0 saturated carbocycles. The summed E-state index contributed by atoms with van der Waals surface area (Å²) in [5, 5.41) is 0. The first-order valence-electron chi connectivity index (χ1n) is 8.43. The zero-order valence-electron chi connectivity index (χ0n) is 14.6. The van der Waals surface area contributed by atoms with Gasteiger partial charge in [0, 0.05) is 12.5 Å². The number of ketones is 1. The van der Waals surface area contributed by atoms with Gasteiger partial charge in [-0.3, -0.25) is 0 Å². The molecule has 1 aromatic carbocycles. The Labute approximate surface area is 135 Å². The maximum Gasteiger partial charge on any atom is 0.129 e. The molecule has 3 nitrogen and oxygen atoms in total. The zero-order chi connectivity index (χ0) is 16.4. The molecule has 0 fully saturated rings. The molecular formula is C19H31NO2. The number of unbranched alkanes of at least 4 members (excludes halogenated alkanes) is 2. The smallest absolute Gasteiger partial charge is 0.129 e. The highest BCUT2D eigenvalue weighted by Crippen LogP contribution is 2.15. The molecule has 1 aromatic rings. The van der Waals surface area contributed by atoms with Crippen LogP contribution in [0.5, 0.6) is 5.75 Å². The summed E-state index contributed by atoms with van der Waals surface area (Å²) in [4.78, 5) is 13.5. The van der Waals surface area contributed by atoms with Gasteiger partial charge in [0.2, 0.25) is 0 Å². The highest BCUT2D eigenvalue weighted by atomic mass is 16.5. The van der Waals surface area contributed by atoms with E-state index in [4.69, 9.17) is 4.74 Å². The third-order valence-corrected chi connectivity index (χ3v) is 4.19. The normalized spacial score (nSPS) is 12.4. The van der Waals surface area contributed by atoms with E-state index in [1.54, 1.807) is 14.0 Å². The fourth-order valence-corrected chi connectivity index (χ4v) is 2.79. The maximum absolute atomic E-state index is 10.9. The Morgan fingerprint density at radius 3 is 2.41 bits per heavy atom. The number of carbonyl (C=O) groups excluding carboxylic acids is 1. The van der Waals surface area contributed by atoms with Crippen LogP contribution >= 0.6 is 0 Å². The number of Topliss-reactive ketones (excluding diaryl/α,β-unsaturated/α-hetero) is 1. The van der Waals surface area contributed by atoms with Gasteiger partial charge in [0.25, 0.3) is 0 Å². The average Bonchev–Trinajstić information content (AvgIpc) is 2.51. The fraction of sp³-hybridized carbons (Fsp3) is 0.632. The van der Waals surface area contributed by atoms with Gasteiger partial charge in [-0.1, -0.05) is 25.5 Å². The SMILES string of the molecule is CCN(CCCCCC(C)=O)C(C)Cc1ccc(OC)cc1. The van der Waals surface area contributed by atoms with E-state index in [1.807, 2.05) is 12.1 Å². The Kier molecular flexibility index (Phi) is 8.83. The Bertz CT molecular complexity index is 428. The number of carbonyl (C=O) groups is 1. The number of benzene rings is 1. The summed E-state index contributed by atoms with van der Waals surface area (Å²) in [5.74, 6) is 1.22. The molecule has 22 heavy (non-hydrogen) atoms. The van der Waals surface area contributed by atoms with Gasteiger partial charge in [-0.2, -0.15) is 0 Å². The van der Waals surface area contributed by atoms with Crippen LogP contribution in [-0.4, -0.2) is 36.9 Å². The van der Waals surface area contributed by atoms with Gasteiger partial charge in [0.1, 0.15) is 11.5 Å². The molecule has 0 bridgehead atoms. The summed E-state index contributed by atoms with van der Waals surface area (Å²) in [6.45, 7) is 8.38. The number of rotatable bonds is 11. The molecule has 0 aromatic heterocycles. The van der Waals surface area contributed by atoms with Gasteiger partial charge in [-0.05, 0) is 63.9 Å². The molecule has 3 heteroatoms. The van der Waals surface area contributed by atoms with E-state index in [2.05, 4.69) is 30.9 Å². The fourth-order valence-electron chi connectivity index (χ4n) is 2.79. The van der Waals surface area contributed by atoms with Crippen LogP contribution in [0.2, 0.25) is 0 Å². The van der Waals surface area contributed by atoms with Gasteiger partial charge in [-0.25, -0.2) is 0 Å². The minimum Gasteiger partial charge on any atom is -0.497 e. The Morgan fingerprint density at radius 1 is 1.18 bits per heavy atom. The van der Waals surface area contributed by atoms with Crippen molar-refractivity contribution < 1.29 is 9.53 Å². The molecule has 0 aliphatic heterocycles. The molecule has 0 heterocycles. The van der Waals surface area contributed by atoms with Crippen molar-refractivity contribution in [1.82, 2.24) is 4.90 Å². The van der Waals surface area contributed by atoms with Crippen molar-refractivity contribution in [1.29, 1.82) is 0 Å². The number of likely N-dealkylation sites (N-methyl/N-ethyl adjacent to an activating group) is 1. The lowest BCUT2D eigenvalue weighted by Gasteiger charge is -2.28. The van der Waals surface area contributed by atoms with Gasteiger partial charge in [-0.15, -0.1) is 0 Å². The third kappa shape index (κ3) is 7.08. The number of ether oxygens (including phenoxy) is 1. The highest BCUT2D eigenvalue weighted by molar-refractivity contribution is 5.75. The van der Waals surface area contributed by atoms with E-state index >= 15 is 0 Å². The summed E-state index contributed by atoms with van der Waals surface area (Å²) >= 11 is 0. The predicted octanol–water partition coefficient (Wildman–Crippen LogP) is 4.10. The first kappa shape index (κ1) is 18.7. The summed E-state index contributed by atoms with van der Waals surface area (Å²) in [6.07, 6.45) is 5.14. The number of hydrogen-bond acceptors (Lipinski definition) is 3. The summed E-state index contributed by atoms with van der Waals surface area (Å²) in [6, 6.07) is 8.89. The topological polar surface area (TPSA) is 29.5 Å². The summed E-state index contributed by atoms with van der Waals surface area (Å²) in [7, 11) is 1.70. The van der Waals surface area contributed by atoms with E-state index in [0.29, 0.717) is 11.8 Å². The molecule has 124 valence electrons. The molecule has 0 aliphatic rings. The molecule has 0 amide bonds. The maximum atomic E-state index is 10.9. The van der Waals surface area contributed by atoms with Crippen molar-refractivity contribution in [2.75, 3.05) is 20.2 Å². The van der Waals surface area contributed by atoms with Crippen LogP contribution in [0.25, 0.3) is 0 Å². The number of nitrogens with zero attached hydrogens (tertiary/aromatic N) is 1. The van der Waals surface area contributed by atoms with Gasteiger partial charge >= 0.3 is 0 Å². The first-order valence-corrected chi connectivity index (χ1v) is 8.43. The van der Waals surface area contributed by atoms with Crippen LogP contribution in [0.4, 0.5) is 0 Å². The second kappa shape index (κ2) is 10.4. The van der Waals surface area contributed by atoms with E-state index in [9.17, 15) is 4.79 Å². The van der Waals surface area contributed by atoms with Crippen LogP contribution in [-0.2, 0) is 11.2 Å². The number of methoxy groups -OCH3 is 1. The van der Waals surface area contributed by atoms with Crippen LogP contribution in [0, 0.1) is 0 Å². The van der Waals surface area contributed by atoms with Crippen molar-refractivity contribution in [3.63, 3.8) is 0 Å². The Balaban J connectivity index is 2.36. The van der Waals surface area contributed by atoms with Gasteiger partial charge in [0.05, 0.1) is 7.11 Å². The lowest BCUT2D eigenvalue weighted by molar-refractivity contribution is -0.117. The molecule has 0 saturated heterocycles. The molecule has 0 spiro atoms. The van der Waals surface area contributed by atoms with Crippen LogP contribution in [0.15, 0.2) is 24.3 Å². The second-order valence-electron chi connectivity index (χ2n) is 6.04. The van der Waals surface area contributed by atoms with Crippen LogP contribution in [0.1, 0.15) is 52.0 Å². The van der Waals surface area contributed by atoms with Crippen molar-refractivity contribution in [3.8, 4) is 5.75 Å². The minimum absolute atomic E-state index is 0.306. The molecule has 1 unspecified atom stereocenters. The Morgan fingerprint density at radius 2 is 1.86 bits per heavy atom. The van der Waals surface area contributed by atoms with E-state index in [-0.39, 0.29) is 0 Å². The number of hydrogen-bond donors (Lipinski definition) is 0. The molecule has 0 aliphatic carbocycles. The third-order valence-electron chi connectivity index (χ3n) is 4.19. The van der Waals surface area contributed by atoms with Crippen LogP contribution in [0.3, 0.4) is 0 Å². The van der Waals surface area contributed by atoms with Crippen molar-refractivity contribution >= 4 is 5.78 Å². The van der Waals surface area contributed by atoms with Crippen LogP contribution < -0.4 is 4.74 Å². The standard InChI is InChI=1S/C19H31NO2/c1-5-20(14-8-6-7-9-17(3)21)16(2)15-18-10-12-19(22-4)13-11-18/h10-13,16H,5-9,14-15H2,1-4H3. The van der Waals surface area contributed by atoms with Crippen molar-refractivity contribution in [3.05, 3.63) is 29.8 Å². The van der Waals surface area contributed by atoms with E-state index in [1.165, 1.54) is 12.0 Å². The molecule has 0 radical (unpaired) electrons. The van der Waals surface area contributed by atoms with Crippen molar-refractivity contribution in [2.24, 2.45) is 0 Å². The van der Waals surface area contributed by atoms with E-state index in [0.717, 1.165) is 44.5 Å². The minimum atomic E-state index is 0.306. The van der Waals surface area contributed by atoms with E-state index < -0.39 is 0 Å². The average molecular weight is 305 g/mol. The molecule has 1 atom stereocenters. The summed E-state index contributed by atoms with van der Waals surface area (Å²) < 4.78 is 5.20. The lowest BCUT2D eigenvalue weighted by Crippen LogP contribution is -2.35. The largest absolute Gasteiger partial charge is 0.497 e.